The van der Waals surface area contributed by atoms with Gasteiger partial charge in [0.1, 0.15) is 0 Å². The van der Waals surface area contributed by atoms with Crippen LogP contribution in [0.1, 0.15) is 48.5 Å². The van der Waals surface area contributed by atoms with Crippen LogP contribution in [0.25, 0.3) is 0 Å². The van der Waals surface area contributed by atoms with E-state index >= 15 is 0 Å². The molecule has 1 aliphatic rings. The van der Waals surface area contributed by atoms with Gasteiger partial charge in [0.15, 0.2) is 0 Å². The second kappa shape index (κ2) is 5.68. The van der Waals surface area contributed by atoms with Crippen LogP contribution in [0.5, 0.6) is 0 Å². The van der Waals surface area contributed by atoms with Crippen molar-refractivity contribution < 1.29 is 0 Å². The van der Waals surface area contributed by atoms with Gasteiger partial charge in [-0.15, -0.1) is 11.3 Å². The molecule has 1 saturated carbocycles. The Morgan fingerprint density at radius 3 is 2.95 bits per heavy atom. The predicted octanol–water partition coefficient (Wildman–Crippen LogP) is 2.97. The second-order valence-corrected chi connectivity index (χ2v) is 6.54. The van der Waals surface area contributed by atoms with Crippen LogP contribution < -0.4 is 5.73 Å². The first-order valence-electron chi connectivity index (χ1n) is 7.19. The number of aromatic nitrogens is 2. The van der Waals surface area contributed by atoms with Gasteiger partial charge >= 0.3 is 0 Å². The summed E-state index contributed by atoms with van der Waals surface area (Å²) in [7, 11) is 2.16. The van der Waals surface area contributed by atoms with Crippen LogP contribution in [-0.4, -0.2) is 28.0 Å². The maximum atomic E-state index is 6.07. The first kappa shape index (κ1) is 13.8. The van der Waals surface area contributed by atoms with Gasteiger partial charge in [-0.1, -0.05) is 6.07 Å². The van der Waals surface area contributed by atoms with Gasteiger partial charge in [0.05, 0.1) is 18.1 Å². The van der Waals surface area contributed by atoms with Gasteiger partial charge in [-0.05, 0) is 38.3 Å². The average Bonchev–Trinajstić information content (AvgIpc) is 2.96. The van der Waals surface area contributed by atoms with E-state index in [1.807, 2.05) is 12.5 Å². The first-order valence-corrected chi connectivity index (χ1v) is 8.07. The molecule has 2 unspecified atom stereocenters. The van der Waals surface area contributed by atoms with Crippen LogP contribution in [0.4, 0.5) is 0 Å². The lowest BCUT2D eigenvalue weighted by Gasteiger charge is -2.32. The average molecular weight is 290 g/mol. The van der Waals surface area contributed by atoms with Crippen molar-refractivity contribution in [2.75, 3.05) is 13.6 Å². The highest BCUT2D eigenvalue weighted by Gasteiger charge is 2.30. The lowest BCUT2D eigenvalue weighted by Crippen LogP contribution is -2.33. The van der Waals surface area contributed by atoms with Crippen molar-refractivity contribution >= 4 is 11.3 Å². The quantitative estimate of drug-likeness (QED) is 0.889. The fourth-order valence-electron chi connectivity index (χ4n) is 2.73. The molecule has 1 fully saturated rings. The molecule has 0 radical (unpaired) electrons. The molecular weight excluding hydrogens is 268 g/mol. The molecule has 0 spiro atoms. The van der Waals surface area contributed by atoms with E-state index < -0.39 is 0 Å². The Balaban J connectivity index is 1.83. The number of hydrogen-bond donors (Lipinski definition) is 1. The Bertz CT molecular complexity index is 544. The summed E-state index contributed by atoms with van der Waals surface area (Å²) in [5.74, 6) is 0. The number of nitrogens with zero attached hydrogens (tertiary/aromatic N) is 3. The summed E-state index contributed by atoms with van der Waals surface area (Å²) in [4.78, 5) is 8.08. The standard InChI is InChI=1S/C15H22N4S/c1-11(15-4-3-7-20-15)18(2)13(8-16)14-9-17-10-19(14)12-5-6-12/h3-4,7,9-13H,5-6,8,16H2,1-2H3. The Kier molecular flexibility index (Phi) is 3.92. The fraction of sp³-hybridized carbons (Fsp3) is 0.533. The van der Waals surface area contributed by atoms with Crippen LogP contribution >= 0.6 is 11.3 Å². The summed E-state index contributed by atoms with van der Waals surface area (Å²) in [6.45, 7) is 2.86. The van der Waals surface area contributed by atoms with Crippen molar-refractivity contribution in [2.24, 2.45) is 5.73 Å². The number of nitrogens with two attached hydrogens (primary N) is 1. The van der Waals surface area contributed by atoms with Crippen LogP contribution in [-0.2, 0) is 0 Å². The number of thiophene rings is 1. The monoisotopic (exact) mass is 290 g/mol. The van der Waals surface area contributed by atoms with Crippen molar-refractivity contribution in [1.29, 1.82) is 0 Å². The SMILES string of the molecule is CC(c1cccs1)N(C)C(CN)c1cncn1C1CC1. The molecule has 2 N–H and O–H groups in total. The molecule has 0 aliphatic heterocycles. The van der Waals surface area contributed by atoms with Crippen LogP contribution in [0.15, 0.2) is 30.0 Å². The molecule has 108 valence electrons. The third kappa shape index (κ3) is 2.53. The summed E-state index contributed by atoms with van der Waals surface area (Å²) < 4.78 is 2.31. The van der Waals surface area contributed by atoms with E-state index in [4.69, 9.17) is 5.73 Å². The lowest BCUT2D eigenvalue weighted by molar-refractivity contribution is 0.185. The zero-order valence-corrected chi connectivity index (χ0v) is 12.9. The minimum atomic E-state index is 0.218. The summed E-state index contributed by atoms with van der Waals surface area (Å²) in [6.07, 6.45) is 6.47. The van der Waals surface area contributed by atoms with E-state index in [0.717, 1.165) is 0 Å². The van der Waals surface area contributed by atoms with Gasteiger partial charge in [0.2, 0.25) is 0 Å². The van der Waals surface area contributed by atoms with Crippen molar-refractivity contribution in [3.63, 3.8) is 0 Å². The predicted molar refractivity (Wildman–Crippen MR) is 82.8 cm³/mol. The molecule has 20 heavy (non-hydrogen) atoms. The zero-order chi connectivity index (χ0) is 14.1. The van der Waals surface area contributed by atoms with Gasteiger partial charge < -0.3 is 10.3 Å². The van der Waals surface area contributed by atoms with E-state index in [1.165, 1.54) is 23.4 Å². The highest BCUT2D eigenvalue weighted by Crippen LogP contribution is 2.38. The molecule has 5 heteroatoms. The molecule has 0 saturated heterocycles. The van der Waals surface area contributed by atoms with Gasteiger partial charge in [0, 0.05) is 29.7 Å². The molecule has 0 bridgehead atoms. The maximum absolute atomic E-state index is 6.07. The van der Waals surface area contributed by atoms with Crippen LogP contribution in [0.3, 0.4) is 0 Å². The number of rotatable bonds is 6. The third-order valence-corrected chi connectivity index (χ3v) is 5.30. The third-order valence-electron chi connectivity index (χ3n) is 4.26. The van der Waals surface area contributed by atoms with Crippen molar-refractivity contribution in [1.82, 2.24) is 14.5 Å². The molecule has 2 aromatic heterocycles. The summed E-state index contributed by atoms with van der Waals surface area (Å²) in [5, 5.41) is 2.13. The van der Waals surface area contributed by atoms with Crippen molar-refractivity contribution in [3.8, 4) is 0 Å². The number of likely N-dealkylation sites (N-methyl/N-ethyl adjacent to an activating group) is 1. The topological polar surface area (TPSA) is 47.1 Å². The largest absolute Gasteiger partial charge is 0.330 e. The van der Waals surface area contributed by atoms with E-state index in [2.05, 4.69) is 45.9 Å². The summed E-state index contributed by atoms with van der Waals surface area (Å²) >= 11 is 1.80. The normalized spacial score (nSPS) is 18.4. The molecular formula is C15H22N4S. The molecule has 2 aromatic rings. The highest BCUT2D eigenvalue weighted by molar-refractivity contribution is 7.10. The van der Waals surface area contributed by atoms with Crippen LogP contribution in [0.2, 0.25) is 0 Å². The molecule has 4 nitrogen and oxygen atoms in total. The van der Waals surface area contributed by atoms with Gasteiger partial charge in [-0.3, -0.25) is 4.90 Å². The minimum absolute atomic E-state index is 0.218. The highest BCUT2D eigenvalue weighted by atomic mass is 32.1. The Morgan fingerprint density at radius 1 is 1.55 bits per heavy atom. The lowest BCUT2D eigenvalue weighted by atomic mass is 10.1. The summed E-state index contributed by atoms with van der Waals surface area (Å²) in [5.41, 5.74) is 7.32. The zero-order valence-electron chi connectivity index (χ0n) is 12.1. The van der Waals surface area contributed by atoms with Gasteiger partial charge in [-0.2, -0.15) is 0 Å². The molecule has 2 atom stereocenters. The molecule has 0 amide bonds. The molecule has 1 aliphatic carbocycles. The van der Waals surface area contributed by atoms with Gasteiger partial charge in [0.25, 0.3) is 0 Å². The molecule has 2 heterocycles. The number of imidazole rings is 1. The Labute approximate surface area is 124 Å². The molecule has 3 rings (SSSR count). The smallest absolute Gasteiger partial charge is 0.0951 e. The molecule has 0 aromatic carbocycles. The van der Waals surface area contributed by atoms with Crippen LogP contribution in [0, 0.1) is 0 Å². The van der Waals surface area contributed by atoms with E-state index in [0.29, 0.717) is 18.6 Å². The number of hydrogen-bond acceptors (Lipinski definition) is 4. The minimum Gasteiger partial charge on any atom is -0.330 e. The Hall–Kier alpha value is -1.17. The van der Waals surface area contributed by atoms with Crippen molar-refractivity contribution in [3.05, 3.63) is 40.6 Å². The second-order valence-electron chi connectivity index (χ2n) is 5.57. The van der Waals surface area contributed by atoms with E-state index in [1.54, 1.807) is 11.3 Å². The first-order chi connectivity index (χ1) is 9.72. The van der Waals surface area contributed by atoms with E-state index in [-0.39, 0.29) is 6.04 Å². The fourth-order valence-corrected chi connectivity index (χ4v) is 3.56. The maximum Gasteiger partial charge on any atom is 0.0951 e. The van der Waals surface area contributed by atoms with E-state index in [9.17, 15) is 0 Å². The Morgan fingerprint density at radius 2 is 2.35 bits per heavy atom. The van der Waals surface area contributed by atoms with Gasteiger partial charge in [-0.25, -0.2) is 4.98 Å². The summed E-state index contributed by atoms with van der Waals surface area (Å²) in [6, 6.07) is 5.53. The van der Waals surface area contributed by atoms with Crippen molar-refractivity contribution in [2.45, 2.75) is 37.9 Å².